The molecular weight excluding hydrogens is 392 g/mol. The van der Waals surface area contributed by atoms with Crippen LogP contribution >= 0.6 is 0 Å². The third-order valence-corrected chi connectivity index (χ3v) is 6.39. The van der Waals surface area contributed by atoms with Crippen molar-refractivity contribution < 1.29 is 14.3 Å². The molecule has 0 spiro atoms. The largest absolute Gasteiger partial charge is 0.486 e. The zero-order valence-electron chi connectivity index (χ0n) is 18.0. The van der Waals surface area contributed by atoms with E-state index in [4.69, 9.17) is 9.47 Å². The van der Waals surface area contributed by atoms with E-state index in [0.29, 0.717) is 19.8 Å². The summed E-state index contributed by atoms with van der Waals surface area (Å²) in [6, 6.07) is 16.1. The second-order valence-electron chi connectivity index (χ2n) is 8.26. The molecule has 0 aromatic heterocycles. The second-order valence-corrected chi connectivity index (χ2v) is 8.26. The van der Waals surface area contributed by atoms with Gasteiger partial charge in [-0.2, -0.15) is 0 Å². The first-order valence-corrected chi connectivity index (χ1v) is 11.2. The van der Waals surface area contributed by atoms with Gasteiger partial charge in [-0.3, -0.25) is 9.80 Å². The lowest BCUT2D eigenvalue weighted by Crippen LogP contribution is -2.62. The Morgan fingerprint density at radius 3 is 2.55 bits per heavy atom. The fourth-order valence-corrected chi connectivity index (χ4v) is 5.09. The van der Waals surface area contributed by atoms with Crippen molar-refractivity contribution >= 4 is 11.7 Å². The van der Waals surface area contributed by atoms with Gasteiger partial charge in [-0.05, 0) is 24.6 Å². The number of anilines is 1. The van der Waals surface area contributed by atoms with Crippen molar-refractivity contribution in [1.82, 2.24) is 15.1 Å². The maximum atomic E-state index is 13.8. The first kappa shape index (κ1) is 20.2. The van der Waals surface area contributed by atoms with E-state index < -0.39 is 5.66 Å². The van der Waals surface area contributed by atoms with Crippen molar-refractivity contribution in [2.45, 2.75) is 19.0 Å². The zero-order valence-corrected chi connectivity index (χ0v) is 18.0. The molecule has 31 heavy (non-hydrogen) atoms. The minimum Gasteiger partial charge on any atom is -0.486 e. The molecule has 0 bridgehead atoms. The van der Waals surface area contributed by atoms with Crippen LogP contribution in [-0.4, -0.2) is 68.3 Å². The molecular formula is C24H30N4O3. The third kappa shape index (κ3) is 3.32. The summed E-state index contributed by atoms with van der Waals surface area (Å²) < 4.78 is 12.1. The van der Waals surface area contributed by atoms with E-state index in [1.807, 2.05) is 52.3 Å². The van der Waals surface area contributed by atoms with Crippen molar-refractivity contribution in [3.05, 3.63) is 54.1 Å². The zero-order chi connectivity index (χ0) is 21.3. The summed E-state index contributed by atoms with van der Waals surface area (Å²) in [5.41, 5.74) is 1.24. The molecule has 1 N–H and O–H groups in total. The first-order chi connectivity index (χ1) is 15.3. The van der Waals surface area contributed by atoms with E-state index in [2.05, 4.69) is 23.2 Å². The van der Waals surface area contributed by atoms with Crippen LogP contribution < -0.4 is 19.7 Å². The summed E-state index contributed by atoms with van der Waals surface area (Å²) in [4.78, 5) is 20.2. The van der Waals surface area contributed by atoms with Gasteiger partial charge in [0.05, 0.1) is 6.54 Å². The van der Waals surface area contributed by atoms with Crippen molar-refractivity contribution in [3.8, 4) is 11.5 Å². The Labute approximate surface area is 183 Å². The van der Waals surface area contributed by atoms with Gasteiger partial charge in [-0.15, -0.1) is 0 Å². The maximum Gasteiger partial charge on any atom is 0.326 e. The van der Waals surface area contributed by atoms with Gasteiger partial charge in [-0.1, -0.05) is 37.3 Å². The van der Waals surface area contributed by atoms with Crippen molar-refractivity contribution in [2.75, 3.05) is 57.4 Å². The molecule has 3 heterocycles. The number of hydrogen-bond donors (Lipinski definition) is 1. The van der Waals surface area contributed by atoms with Crippen LogP contribution in [0, 0.1) is 0 Å². The third-order valence-electron chi connectivity index (χ3n) is 6.39. The summed E-state index contributed by atoms with van der Waals surface area (Å²) in [6.45, 7) is 7.96. The highest BCUT2D eigenvalue weighted by Gasteiger charge is 2.56. The second kappa shape index (κ2) is 8.40. The number of amides is 2. The quantitative estimate of drug-likeness (QED) is 0.803. The molecule has 2 saturated heterocycles. The summed E-state index contributed by atoms with van der Waals surface area (Å²) in [5.74, 6) is 1.52. The van der Waals surface area contributed by atoms with Crippen LogP contribution in [0.4, 0.5) is 10.5 Å². The summed E-state index contributed by atoms with van der Waals surface area (Å²) >= 11 is 0. The van der Waals surface area contributed by atoms with Crippen LogP contribution in [0.15, 0.2) is 48.5 Å². The Hall–Kier alpha value is -2.77. The average molecular weight is 423 g/mol. The lowest BCUT2D eigenvalue weighted by atomic mass is 9.93. The van der Waals surface area contributed by atoms with Crippen molar-refractivity contribution in [1.29, 1.82) is 0 Å². The van der Waals surface area contributed by atoms with Gasteiger partial charge in [0.15, 0.2) is 17.2 Å². The fourth-order valence-electron chi connectivity index (χ4n) is 5.09. The SMILES string of the molecule is CCCN1CC(c2cccc3c2OCCO3)(N2CCNCC2)N(c2ccccc2)C1=O. The molecule has 2 aromatic carbocycles. The van der Waals surface area contributed by atoms with Crippen LogP contribution in [0.2, 0.25) is 0 Å². The van der Waals surface area contributed by atoms with Crippen LogP contribution in [-0.2, 0) is 5.66 Å². The first-order valence-electron chi connectivity index (χ1n) is 11.2. The number of nitrogens with zero attached hydrogens (tertiary/aromatic N) is 3. The Balaban J connectivity index is 1.73. The fraction of sp³-hybridized carbons (Fsp3) is 0.458. The Morgan fingerprint density at radius 1 is 1.00 bits per heavy atom. The standard InChI is InChI=1S/C24H30N4O3/c1-2-13-26-18-24(27-14-11-25-12-15-27,28(23(26)29)19-7-4-3-5-8-19)20-9-6-10-21-22(20)31-17-16-30-21/h3-10,25H,2,11-18H2,1H3. The van der Waals surface area contributed by atoms with Gasteiger partial charge in [0.1, 0.15) is 13.2 Å². The molecule has 3 aliphatic heterocycles. The molecule has 7 heteroatoms. The van der Waals surface area contributed by atoms with Crippen molar-refractivity contribution in [2.24, 2.45) is 0 Å². The van der Waals surface area contributed by atoms with Gasteiger partial charge in [-0.25, -0.2) is 4.79 Å². The maximum absolute atomic E-state index is 13.8. The molecule has 2 aromatic rings. The van der Waals surface area contributed by atoms with Gasteiger partial charge in [0.2, 0.25) is 0 Å². The normalized spacial score (nSPS) is 24.0. The highest BCUT2D eigenvalue weighted by atomic mass is 16.6. The minimum atomic E-state index is -0.665. The lowest BCUT2D eigenvalue weighted by Gasteiger charge is -2.48. The van der Waals surface area contributed by atoms with E-state index in [-0.39, 0.29) is 6.03 Å². The minimum absolute atomic E-state index is 0.0425. The van der Waals surface area contributed by atoms with E-state index in [9.17, 15) is 4.79 Å². The number of piperazine rings is 1. The molecule has 2 amide bonds. The molecule has 0 radical (unpaired) electrons. The van der Waals surface area contributed by atoms with E-state index in [0.717, 1.165) is 61.9 Å². The number of hydrogen-bond acceptors (Lipinski definition) is 5. The molecule has 1 atom stereocenters. The Bertz CT molecular complexity index is 932. The number of carbonyl (C=O) groups excluding carboxylic acids is 1. The monoisotopic (exact) mass is 422 g/mol. The molecule has 1 unspecified atom stereocenters. The van der Waals surface area contributed by atoms with Crippen LogP contribution in [0.1, 0.15) is 18.9 Å². The number of benzene rings is 2. The van der Waals surface area contributed by atoms with Gasteiger partial charge >= 0.3 is 6.03 Å². The highest BCUT2D eigenvalue weighted by Crippen LogP contribution is 2.48. The summed E-state index contributed by atoms with van der Waals surface area (Å²) in [5, 5.41) is 3.46. The van der Waals surface area contributed by atoms with Crippen LogP contribution in [0.25, 0.3) is 0 Å². The number of ether oxygens (including phenoxy) is 2. The number of para-hydroxylation sites is 2. The Morgan fingerprint density at radius 2 is 1.77 bits per heavy atom. The van der Waals surface area contributed by atoms with Crippen LogP contribution in [0.5, 0.6) is 11.5 Å². The molecule has 164 valence electrons. The number of fused-ring (bicyclic) bond motifs is 1. The summed E-state index contributed by atoms with van der Waals surface area (Å²) in [6.07, 6.45) is 0.915. The van der Waals surface area contributed by atoms with E-state index >= 15 is 0 Å². The van der Waals surface area contributed by atoms with Gasteiger partial charge < -0.3 is 19.7 Å². The van der Waals surface area contributed by atoms with E-state index in [1.165, 1.54) is 0 Å². The van der Waals surface area contributed by atoms with Crippen molar-refractivity contribution in [3.63, 3.8) is 0 Å². The lowest BCUT2D eigenvalue weighted by molar-refractivity contribution is 0.0711. The highest BCUT2D eigenvalue weighted by molar-refractivity contribution is 5.96. The summed E-state index contributed by atoms with van der Waals surface area (Å²) in [7, 11) is 0. The molecule has 7 nitrogen and oxygen atoms in total. The Kier molecular flexibility index (Phi) is 5.46. The molecule has 3 aliphatic rings. The van der Waals surface area contributed by atoms with Gasteiger partial charge in [0.25, 0.3) is 0 Å². The molecule has 0 saturated carbocycles. The number of nitrogens with one attached hydrogen (secondary N) is 1. The molecule has 2 fully saturated rings. The molecule has 0 aliphatic carbocycles. The average Bonchev–Trinajstić information content (AvgIpc) is 3.13. The van der Waals surface area contributed by atoms with E-state index in [1.54, 1.807) is 0 Å². The predicted octanol–water partition coefficient (Wildman–Crippen LogP) is 2.87. The number of carbonyl (C=O) groups is 1. The topological polar surface area (TPSA) is 57.3 Å². The smallest absolute Gasteiger partial charge is 0.326 e. The predicted molar refractivity (Wildman–Crippen MR) is 120 cm³/mol. The van der Waals surface area contributed by atoms with Crippen LogP contribution in [0.3, 0.4) is 0 Å². The van der Waals surface area contributed by atoms with Gasteiger partial charge in [0, 0.05) is 44.0 Å². The molecule has 5 rings (SSSR count). The number of urea groups is 1. The number of rotatable bonds is 5.